The van der Waals surface area contributed by atoms with E-state index in [1.807, 2.05) is 0 Å². The third-order valence-corrected chi connectivity index (χ3v) is 4.73. The van der Waals surface area contributed by atoms with Crippen LogP contribution in [0.1, 0.15) is 104 Å². The van der Waals surface area contributed by atoms with Crippen LogP contribution in [0.3, 0.4) is 0 Å². The minimum atomic E-state index is -1.68. The highest BCUT2D eigenvalue weighted by molar-refractivity contribution is 4.81. The standard InChI is InChI=1S/C21H43NO2/c1-4-5-6-7-8-9-10-11-12-13-14-15-16-17-18-19-20-22(3)21(2,23)24/h11-12,23-24H,4-10,13-20H2,1-3H3/b12-11-. The summed E-state index contributed by atoms with van der Waals surface area (Å²) in [6.45, 7) is 4.42. The Balaban J connectivity index is 3.21. The van der Waals surface area contributed by atoms with Crippen molar-refractivity contribution in [2.75, 3.05) is 13.6 Å². The summed E-state index contributed by atoms with van der Waals surface area (Å²) in [5, 5.41) is 18.8. The van der Waals surface area contributed by atoms with Crippen molar-refractivity contribution in [1.82, 2.24) is 4.90 Å². The van der Waals surface area contributed by atoms with E-state index in [0.717, 1.165) is 13.0 Å². The van der Waals surface area contributed by atoms with Gasteiger partial charge in [0, 0.05) is 13.5 Å². The molecule has 0 aliphatic carbocycles. The van der Waals surface area contributed by atoms with Gasteiger partial charge in [-0.25, -0.2) is 0 Å². The van der Waals surface area contributed by atoms with Crippen molar-refractivity contribution in [2.24, 2.45) is 0 Å². The van der Waals surface area contributed by atoms with Crippen molar-refractivity contribution in [3.8, 4) is 0 Å². The Hall–Kier alpha value is -0.380. The molecule has 0 aliphatic heterocycles. The van der Waals surface area contributed by atoms with Gasteiger partial charge in [0.15, 0.2) is 0 Å². The van der Waals surface area contributed by atoms with Gasteiger partial charge in [0.05, 0.1) is 0 Å². The van der Waals surface area contributed by atoms with Gasteiger partial charge in [-0.1, -0.05) is 76.9 Å². The minimum Gasteiger partial charge on any atom is -0.353 e. The molecule has 0 spiro atoms. The molecule has 0 rings (SSSR count). The average molecular weight is 342 g/mol. The zero-order valence-corrected chi connectivity index (χ0v) is 16.6. The molecule has 2 N–H and O–H groups in total. The lowest BCUT2D eigenvalue weighted by molar-refractivity contribution is -0.242. The van der Waals surface area contributed by atoms with Crippen LogP contribution in [0.25, 0.3) is 0 Å². The zero-order chi connectivity index (χ0) is 18.1. The van der Waals surface area contributed by atoms with Crippen LogP contribution in [0.4, 0.5) is 0 Å². The molecule has 0 fully saturated rings. The maximum Gasteiger partial charge on any atom is 0.221 e. The Labute approximate surface area is 151 Å². The van der Waals surface area contributed by atoms with Crippen molar-refractivity contribution >= 4 is 0 Å². The third kappa shape index (κ3) is 16.5. The zero-order valence-electron chi connectivity index (χ0n) is 16.6. The van der Waals surface area contributed by atoms with Gasteiger partial charge in [-0.15, -0.1) is 0 Å². The van der Waals surface area contributed by atoms with Gasteiger partial charge >= 0.3 is 0 Å². The summed E-state index contributed by atoms with van der Waals surface area (Å²) >= 11 is 0. The topological polar surface area (TPSA) is 43.7 Å². The molecule has 0 amide bonds. The fourth-order valence-corrected chi connectivity index (χ4v) is 2.81. The van der Waals surface area contributed by atoms with Crippen LogP contribution in [0, 0.1) is 0 Å². The Kier molecular flexibility index (Phi) is 15.9. The fourth-order valence-electron chi connectivity index (χ4n) is 2.81. The van der Waals surface area contributed by atoms with Crippen molar-refractivity contribution < 1.29 is 10.2 Å². The van der Waals surface area contributed by atoms with Crippen LogP contribution in [-0.4, -0.2) is 34.6 Å². The maximum absolute atomic E-state index is 9.39. The lowest BCUT2D eigenvalue weighted by Gasteiger charge is -2.28. The van der Waals surface area contributed by atoms with E-state index in [0.29, 0.717) is 0 Å². The predicted molar refractivity (Wildman–Crippen MR) is 105 cm³/mol. The Morgan fingerprint density at radius 3 is 1.58 bits per heavy atom. The molecule has 24 heavy (non-hydrogen) atoms. The molecule has 0 saturated carbocycles. The van der Waals surface area contributed by atoms with E-state index in [4.69, 9.17) is 0 Å². The summed E-state index contributed by atoms with van der Waals surface area (Å²) in [4.78, 5) is 1.58. The summed E-state index contributed by atoms with van der Waals surface area (Å²) in [6, 6.07) is 0. The van der Waals surface area contributed by atoms with E-state index in [9.17, 15) is 10.2 Å². The molecular formula is C21H43NO2. The summed E-state index contributed by atoms with van der Waals surface area (Å²) in [5.41, 5.74) is 0. The smallest absolute Gasteiger partial charge is 0.221 e. The van der Waals surface area contributed by atoms with Gasteiger partial charge in [-0.2, -0.15) is 0 Å². The van der Waals surface area contributed by atoms with Gasteiger partial charge in [-0.3, -0.25) is 4.90 Å². The molecule has 0 saturated heterocycles. The molecule has 0 aromatic carbocycles. The number of rotatable bonds is 17. The summed E-state index contributed by atoms with van der Waals surface area (Å²) in [6.07, 6.45) is 22.9. The van der Waals surface area contributed by atoms with Crippen LogP contribution < -0.4 is 0 Å². The van der Waals surface area contributed by atoms with E-state index in [2.05, 4.69) is 19.1 Å². The normalized spacial score (nSPS) is 12.6. The molecule has 0 radical (unpaired) electrons. The monoisotopic (exact) mass is 341 g/mol. The Morgan fingerprint density at radius 1 is 0.708 bits per heavy atom. The molecule has 0 heterocycles. The fraction of sp³-hybridized carbons (Fsp3) is 0.905. The Bertz CT molecular complexity index is 284. The lowest BCUT2D eigenvalue weighted by atomic mass is 10.1. The van der Waals surface area contributed by atoms with E-state index in [-0.39, 0.29) is 0 Å². The van der Waals surface area contributed by atoms with Crippen molar-refractivity contribution in [3.63, 3.8) is 0 Å². The average Bonchev–Trinajstić information content (AvgIpc) is 2.53. The SMILES string of the molecule is CCCCCCCC/C=C\CCCCCCCCN(C)C(C)(O)O. The highest BCUT2D eigenvalue weighted by atomic mass is 16.5. The van der Waals surface area contributed by atoms with Gasteiger partial charge in [-0.05, 0) is 39.2 Å². The second-order valence-corrected chi connectivity index (χ2v) is 7.33. The second-order valence-electron chi connectivity index (χ2n) is 7.33. The van der Waals surface area contributed by atoms with Crippen LogP contribution in [-0.2, 0) is 0 Å². The number of hydrogen-bond donors (Lipinski definition) is 2. The van der Waals surface area contributed by atoms with Crippen LogP contribution in [0.15, 0.2) is 12.2 Å². The minimum absolute atomic E-state index is 0.741. The molecule has 0 aromatic rings. The predicted octanol–water partition coefficient (Wildman–Crippen LogP) is 5.61. The van der Waals surface area contributed by atoms with Crippen molar-refractivity contribution in [3.05, 3.63) is 12.2 Å². The first-order valence-electron chi connectivity index (χ1n) is 10.3. The van der Waals surface area contributed by atoms with E-state index in [1.165, 1.54) is 90.4 Å². The van der Waals surface area contributed by atoms with Crippen LogP contribution in [0.5, 0.6) is 0 Å². The molecule has 3 heteroatoms. The number of hydrogen-bond acceptors (Lipinski definition) is 3. The molecule has 0 bridgehead atoms. The summed E-state index contributed by atoms with van der Waals surface area (Å²) in [5.74, 6) is -1.68. The molecule has 0 unspecified atom stereocenters. The van der Waals surface area contributed by atoms with Gasteiger partial charge in [0.25, 0.3) is 0 Å². The summed E-state index contributed by atoms with van der Waals surface area (Å²) in [7, 11) is 1.75. The molecule has 144 valence electrons. The second kappa shape index (κ2) is 16.1. The van der Waals surface area contributed by atoms with Gasteiger partial charge in [0.2, 0.25) is 5.91 Å². The summed E-state index contributed by atoms with van der Waals surface area (Å²) < 4.78 is 0. The molecular weight excluding hydrogens is 298 g/mol. The molecule has 0 atom stereocenters. The first-order valence-corrected chi connectivity index (χ1v) is 10.3. The van der Waals surface area contributed by atoms with E-state index >= 15 is 0 Å². The molecule has 0 aliphatic rings. The van der Waals surface area contributed by atoms with Gasteiger partial charge in [0.1, 0.15) is 0 Å². The Morgan fingerprint density at radius 2 is 1.12 bits per heavy atom. The van der Waals surface area contributed by atoms with Gasteiger partial charge < -0.3 is 10.2 Å². The van der Waals surface area contributed by atoms with Crippen molar-refractivity contribution in [2.45, 2.75) is 110 Å². The number of allylic oxidation sites excluding steroid dienone is 2. The van der Waals surface area contributed by atoms with Crippen LogP contribution in [0.2, 0.25) is 0 Å². The van der Waals surface area contributed by atoms with Crippen molar-refractivity contribution in [1.29, 1.82) is 0 Å². The first kappa shape index (κ1) is 23.6. The third-order valence-electron chi connectivity index (χ3n) is 4.73. The highest BCUT2D eigenvalue weighted by Gasteiger charge is 2.20. The van der Waals surface area contributed by atoms with Crippen LogP contribution >= 0.6 is 0 Å². The molecule has 3 nitrogen and oxygen atoms in total. The number of unbranched alkanes of at least 4 members (excludes halogenated alkanes) is 12. The number of aliphatic hydroxyl groups is 2. The quantitative estimate of drug-likeness (QED) is 0.205. The first-order chi connectivity index (χ1) is 11.5. The molecule has 0 aromatic heterocycles. The lowest BCUT2D eigenvalue weighted by Crippen LogP contribution is -2.43. The highest BCUT2D eigenvalue weighted by Crippen LogP contribution is 2.11. The maximum atomic E-state index is 9.39. The van der Waals surface area contributed by atoms with E-state index in [1.54, 1.807) is 11.9 Å². The van der Waals surface area contributed by atoms with E-state index < -0.39 is 5.91 Å². The largest absolute Gasteiger partial charge is 0.353 e. The number of nitrogens with zero attached hydrogens (tertiary/aromatic N) is 1.